The van der Waals surface area contributed by atoms with Crippen molar-refractivity contribution in [2.24, 2.45) is 0 Å². The van der Waals surface area contributed by atoms with Crippen LogP contribution in [0, 0.1) is 0 Å². The Morgan fingerprint density at radius 3 is 2.77 bits per heavy atom. The number of anilines is 1. The number of rotatable bonds is 5. The molecule has 1 heterocycles. The van der Waals surface area contributed by atoms with E-state index in [1.54, 1.807) is 0 Å². The molecule has 0 aliphatic rings. The normalized spacial score (nSPS) is 10.8. The Balaban J connectivity index is 2.44. The summed E-state index contributed by atoms with van der Waals surface area (Å²) in [5.74, 6) is 0.616. The van der Waals surface area contributed by atoms with Crippen LogP contribution in [0.25, 0.3) is 0 Å². The molecule has 2 N–H and O–H groups in total. The molecule has 74 valence electrons. The largest absolute Gasteiger partial charge is 0.407 e. The van der Waals surface area contributed by atoms with E-state index in [1.165, 1.54) is 0 Å². The Kier molecular flexibility index (Phi) is 3.70. The maximum atomic E-state index is 5.30. The standard InChI is InChI=1S/C8H16N4O/c1-4-9-5-7-11-12-8(13-7)10-6(2)3/h6,9H,4-5H2,1-3H3,(H,10,12). The number of hydrogen-bond donors (Lipinski definition) is 2. The monoisotopic (exact) mass is 184 g/mol. The van der Waals surface area contributed by atoms with E-state index in [1.807, 2.05) is 20.8 Å². The second kappa shape index (κ2) is 4.81. The molecular formula is C8H16N4O. The molecule has 0 bridgehead atoms. The van der Waals surface area contributed by atoms with Gasteiger partial charge in [-0.3, -0.25) is 0 Å². The number of hydrogen-bond acceptors (Lipinski definition) is 5. The van der Waals surface area contributed by atoms with Gasteiger partial charge in [-0.05, 0) is 20.4 Å². The molecule has 0 fully saturated rings. The summed E-state index contributed by atoms with van der Waals surface area (Å²) in [5, 5.41) is 13.8. The molecule has 0 amide bonds. The Bertz CT molecular complexity index is 246. The molecule has 1 rings (SSSR count). The van der Waals surface area contributed by atoms with Crippen LogP contribution in [0.15, 0.2) is 4.42 Å². The van der Waals surface area contributed by atoms with Crippen LogP contribution in [-0.4, -0.2) is 22.8 Å². The maximum Gasteiger partial charge on any atom is 0.315 e. The topological polar surface area (TPSA) is 63.0 Å². The van der Waals surface area contributed by atoms with Crippen molar-refractivity contribution in [3.8, 4) is 0 Å². The minimum atomic E-state index is 0.312. The zero-order valence-electron chi connectivity index (χ0n) is 8.29. The molecule has 0 aliphatic heterocycles. The summed E-state index contributed by atoms with van der Waals surface area (Å²) < 4.78 is 5.30. The van der Waals surface area contributed by atoms with E-state index in [4.69, 9.17) is 4.42 Å². The highest BCUT2D eigenvalue weighted by molar-refractivity contribution is 5.17. The highest BCUT2D eigenvalue weighted by Crippen LogP contribution is 2.05. The van der Waals surface area contributed by atoms with Crippen LogP contribution in [0.4, 0.5) is 6.01 Å². The van der Waals surface area contributed by atoms with Crippen molar-refractivity contribution < 1.29 is 4.42 Å². The summed E-state index contributed by atoms with van der Waals surface area (Å²) in [6, 6.07) is 0.801. The van der Waals surface area contributed by atoms with E-state index >= 15 is 0 Å². The van der Waals surface area contributed by atoms with Gasteiger partial charge in [-0.2, -0.15) is 0 Å². The Labute approximate surface area is 77.9 Å². The first-order valence-corrected chi connectivity index (χ1v) is 4.52. The predicted molar refractivity (Wildman–Crippen MR) is 50.4 cm³/mol. The van der Waals surface area contributed by atoms with Gasteiger partial charge in [0.1, 0.15) is 0 Å². The summed E-state index contributed by atoms with van der Waals surface area (Å²) in [7, 11) is 0. The van der Waals surface area contributed by atoms with E-state index in [-0.39, 0.29) is 0 Å². The average molecular weight is 184 g/mol. The third kappa shape index (κ3) is 3.42. The minimum absolute atomic E-state index is 0.312. The summed E-state index contributed by atoms with van der Waals surface area (Å²) in [4.78, 5) is 0. The molecule has 0 spiro atoms. The van der Waals surface area contributed by atoms with Crippen LogP contribution in [0.1, 0.15) is 26.7 Å². The van der Waals surface area contributed by atoms with Crippen LogP contribution in [0.5, 0.6) is 0 Å². The summed E-state index contributed by atoms with van der Waals surface area (Å²) in [6.07, 6.45) is 0. The summed E-state index contributed by atoms with van der Waals surface area (Å²) in [5.41, 5.74) is 0. The molecule has 0 aromatic carbocycles. The lowest BCUT2D eigenvalue weighted by atomic mass is 10.4. The second-order valence-corrected chi connectivity index (χ2v) is 3.08. The van der Waals surface area contributed by atoms with Crippen molar-refractivity contribution in [2.45, 2.75) is 33.4 Å². The zero-order chi connectivity index (χ0) is 9.68. The van der Waals surface area contributed by atoms with Gasteiger partial charge in [0.2, 0.25) is 5.89 Å². The lowest BCUT2D eigenvalue weighted by Crippen LogP contribution is -2.11. The fourth-order valence-electron chi connectivity index (χ4n) is 0.862. The first-order chi connectivity index (χ1) is 6.22. The highest BCUT2D eigenvalue weighted by Gasteiger charge is 2.05. The lowest BCUT2D eigenvalue weighted by Gasteiger charge is -2.02. The van der Waals surface area contributed by atoms with Gasteiger partial charge in [-0.15, -0.1) is 5.10 Å². The molecule has 5 heteroatoms. The van der Waals surface area contributed by atoms with Gasteiger partial charge < -0.3 is 15.1 Å². The lowest BCUT2D eigenvalue weighted by molar-refractivity contribution is 0.479. The quantitative estimate of drug-likeness (QED) is 0.714. The smallest absolute Gasteiger partial charge is 0.315 e. The third-order valence-corrected chi connectivity index (χ3v) is 1.41. The molecule has 13 heavy (non-hydrogen) atoms. The van der Waals surface area contributed by atoms with E-state index in [9.17, 15) is 0 Å². The maximum absolute atomic E-state index is 5.30. The predicted octanol–water partition coefficient (Wildman–Crippen LogP) is 0.999. The second-order valence-electron chi connectivity index (χ2n) is 3.08. The first kappa shape index (κ1) is 9.98. The molecule has 0 saturated carbocycles. The molecule has 0 unspecified atom stereocenters. The van der Waals surface area contributed by atoms with Crippen LogP contribution >= 0.6 is 0 Å². The Hall–Kier alpha value is -1.10. The first-order valence-electron chi connectivity index (χ1n) is 4.52. The zero-order valence-corrected chi connectivity index (χ0v) is 8.29. The van der Waals surface area contributed by atoms with Crippen LogP contribution in [-0.2, 0) is 6.54 Å². The van der Waals surface area contributed by atoms with E-state index in [2.05, 4.69) is 20.8 Å². The van der Waals surface area contributed by atoms with Gasteiger partial charge in [0.15, 0.2) is 0 Å². The van der Waals surface area contributed by atoms with Gasteiger partial charge >= 0.3 is 6.01 Å². The molecular weight excluding hydrogens is 168 g/mol. The number of nitrogens with zero attached hydrogens (tertiary/aromatic N) is 2. The number of nitrogens with one attached hydrogen (secondary N) is 2. The van der Waals surface area contributed by atoms with E-state index in [0.717, 1.165) is 6.54 Å². The SMILES string of the molecule is CCNCc1nnc(NC(C)C)o1. The minimum Gasteiger partial charge on any atom is -0.407 e. The summed E-state index contributed by atoms with van der Waals surface area (Å²) >= 11 is 0. The molecule has 5 nitrogen and oxygen atoms in total. The van der Waals surface area contributed by atoms with Crippen LogP contribution in [0.2, 0.25) is 0 Å². The molecule has 1 aromatic rings. The molecule has 0 radical (unpaired) electrons. The van der Waals surface area contributed by atoms with Gasteiger partial charge in [-0.1, -0.05) is 12.0 Å². The van der Waals surface area contributed by atoms with Crippen LogP contribution in [0.3, 0.4) is 0 Å². The van der Waals surface area contributed by atoms with Crippen molar-refractivity contribution >= 4 is 6.01 Å². The van der Waals surface area contributed by atoms with Crippen molar-refractivity contribution in [1.29, 1.82) is 0 Å². The van der Waals surface area contributed by atoms with Crippen molar-refractivity contribution in [3.63, 3.8) is 0 Å². The van der Waals surface area contributed by atoms with E-state index < -0.39 is 0 Å². The average Bonchev–Trinajstić information content (AvgIpc) is 2.48. The fraction of sp³-hybridized carbons (Fsp3) is 0.750. The Morgan fingerprint density at radius 2 is 2.15 bits per heavy atom. The molecule has 0 atom stereocenters. The van der Waals surface area contributed by atoms with Gasteiger partial charge in [0.05, 0.1) is 6.54 Å². The van der Waals surface area contributed by atoms with Gasteiger partial charge in [0, 0.05) is 6.04 Å². The van der Waals surface area contributed by atoms with Gasteiger partial charge in [-0.25, -0.2) is 0 Å². The van der Waals surface area contributed by atoms with Crippen molar-refractivity contribution in [3.05, 3.63) is 5.89 Å². The fourth-order valence-corrected chi connectivity index (χ4v) is 0.862. The van der Waals surface area contributed by atoms with Crippen LogP contribution < -0.4 is 10.6 Å². The summed E-state index contributed by atoms with van der Waals surface area (Å²) in [6.45, 7) is 7.60. The van der Waals surface area contributed by atoms with Crippen molar-refractivity contribution in [2.75, 3.05) is 11.9 Å². The van der Waals surface area contributed by atoms with Crippen molar-refractivity contribution in [1.82, 2.24) is 15.5 Å². The van der Waals surface area contributed by atoms with Gasteiger partial charge in [0.25, 0.3) is 0 Å². The highest BCUT2D eigenvalue weighted by atomic mass is 16.4. The van der Waals surface area contributed by atoms with E-state index in [0.29, 0.717) is 24.5 Å². The molecule has 1 aromatic heterocycles. The molecule has 0 saturated heterocycles. The number of aromatic nitrogens is 2. The molecule has 0 aliphatic carbocycles. The Morgan fingerprint density at radius 1 is 1.38 bits per heavy atom. The third-order valence-electron chi connectivity index (χ3n) is 1.41.